The Labute approximate surface area is 147 Å². The standard InChI is InChI=1S/C16H21ClN2O4S/c17-14-6-5-12(16(20)19-7-1-2-8-19)10-15(14)24(21,22)18-11-13-4-3-9-23-13/h5-6,10,13,18H,1-4,7-9,11H2. The molecule has 1 aromatic carbocycles. The number of nitrogens with one attached hydrogen (secondary N) is 1. The summed E-state index contributed by atoms with van der Waals surface area (Å²) in [6.07, 6.45) is 3.63. The summed E-state index contributed by atoms with van der Waals surface area (Å²) in [7, 11) is -3.79. The fourth-order valence-electron chi connectivity index (χ4n) is 3.03. The number of rotatable bonds is 5. The van der Waals surface area contributed by atoms with E-state index in [0.29, 0.717) is 25.3 Å². The molecule has 0 saturated carbocycles. The van der Waals surface area contributed by atoms with Gasteiger partial charge < -0.3 is 9.64 Å². The predicted octanol–water partition coefficient (Wildman–Crippen LogP) is 2.03. The van der Waals surface area contributed by atoms with Crippen molar-refractivity contribution in [3.8, 4) is 0 Å². The van der Waals surface area contributed by atoms with Crippen molar-refractivity contribution in [2.75, 3.05) is 26.2 Å². The van der Waals surface area contributed by atoms with Crippen LogP contribution in [0.25, 0.3) is 0 Å². The molecule has 1 atom stereocenters. The van der Waals surface area contributed by atoms with Crippen LogP contribution >= 0.6 is 11.6 Å². The second-order valence-corrected chi connectivity index (χ2v) is 8.27. The van der Waals surface area contributed by atoms with Gasteiger partial charge in [-0.1, -0.05) is 11.6 Å². The van der Waals surface area contributed by atoms with Crippen molar-refractivity contribution in [2.45, 2.75) is 36.7 Å². The van der Waals surface area contributed by atoms with Crippen molar-refractivity contribution in [3.05, 3.63) is 28.8 Å². The van der Waals surface area contributed by atoms with Crippen molar-refractivity contribution in [2.24, 2.45) is 0 Å². The first-order chi connectivity index (χ1) is 11.5. The normalized spacial score (nSPS) is 21.4. The van der Waals surface area contributed by atoms with Gasteiger partial charge in [0, 0.05) is 31.8 Å². The molecule has 0 aromatic heterocycles. The summed E-state index contributed by atoms with van der Waals surface area (Å²) in [5.41, 5.74) is 0.346. The molecule has 8 heteroatoms. The lowest BCUT2D eigenvalue weighted by Crippen LogP contribution is -2.32. The molecular weight excluding hydrogens is 352 g/mol. The summed E-state index contributed by atoms with van der Waals surface area (Å²) >= 11 is 6.07. The molecule has 0 radical (unpaired) electrons. The monoisotopic (exact) mass is 372 g/mol. The molecule has 3 rings (SSSR count). The van der Waals surface area contributed by atoms with E-state index >= 15 is 0 Å². The molecule has 0 spiro atoms. The fourth-order valence-corrected chi connectivity index (χ4v) is 4.62. The van der Waals surface area contributed by atoms with E-state index in [1.807, 2.05) is 0 Å². The minimum absolute atomic E-state index is 0.0628. The zero-order chi connectivity index (χ0) is 17.2. The molecular formula is C16H21ClN2O4S. The highest BCUT2D eigenvalue weighted by Gasteiger charge is 2.25. The Morgan fingerprint density at radius 2 is 2.04 bits per heavy atom. The van der Waals surface area contributed by atoms with Crippen molar-refractivity contribution >= 4 is 27.5 Å². The molecule has 1 amide bonds. The average molecular weight is 373 g/mol. The fraction of sp³-hybridized carbons (Fsp3) is 0.562. The van der Waals surface area contributed by atoms with Gasteiger partial charge >= 0.3 is 0 Å². The summed E-state index contributed by atoms with van der Waals surface area (Å²) in [6.45, 7) is 2.29. The molecule has 24 heavy (non-hydrogen) atoms. The zero-order valence-electron chi connectivity index (χ0n) is 13.3. The van der Waals surface area contributed by atoms with Crippen LogP contribution in [0.3, 0.4) is 0 Å². The van der Waals surface area contributed by atoms with E-state index in [2.05, 4.69) is 4.72 Å². The van der Waals surface area contributed by atoms with Crippen LogP contribution < -0.4 is 4.72 Å². The molecule has 132 valence electrons. The maximum Gasteiger partial charge on any atom is 0.253 e. The number of halogens is 1. The molecule has 0 bridgehead atoms. The highest BCUT2D eigenvalue weighted by Crippen LogP contribution is 2.24. The predicted molar refractivity (Wildman–Crippen MR) is 90.8 cm³/mol. The Morgan fingerprint density at radius 3 is 2.71 bits per heavy atom. The number of amides is 1. The first-order valence-corrected chi connectivity index (χ1v) is 10.0. The van der Waals surface area contributed by atoms with E-state index in [4.69, 9.17) is 16.3 Å². The number of ether oxygens (including phenoxy) is 1. The number of sulfonamides is 1. The molecule has 0 aliphatic carbocycles. The number of likely N-dealkylation sites (tertiary alicyclic amines) is 1. The first-order valence-electron chi connectivity index (χ1n) is 8.17. The van der Waals surface area contributed by atoms with E-state index in [1.54, 1.807) is 11.0 Å². The smallest absolute Gasteiger partial charge is 0.253 e. The maximum absolute atomic E-state index is 12.5. The van der Waals surface area contributed by atoms with Gasteiger partial charge in [-0.2, -0.15) is 0 Å². The van der Waals surface area contributed by atoms with Crippen molar-refractivity contribution in [1.29, 1.82) is 0 Å². The Kier molecular flexibility index (Phi) is 5.44. The van der Waals surface area contributed by atoms with Gasteiger partial charge in [0.2, 0.25) is 10.0 Å². The van der Waals surface area contributed by atoms with Gasteiger partial charge in [0.25, 0.3) is 5.91 Å². The molecule has 2 fully saturated rings. The van der Waals surface area contributed by atoms with Crippen LogP contribution in [-0.2, 0) is 14.8 Å². The lowest BCUT2D eigenvalue weighted by Gasteiger charge is -2.17. The first kappa shape index (κ1) is 17.7. The van der Waals surface area contributed by atoms with Crippen molar-refractivity contribution < 1.29 is 17.9 Å². The molecule has 2 saturated heterocycles. The van der Waals surface area contributed by atoms with Crippen LogP contribution in [0, 0.1) is 0 Å². The van der Waals surface area contributed by atoms with E-state index in [-0.39, 0.29) is 28.5 Å². The maximum atomic E-state index is 12.5. The van der Waals surface area contributed by atoms with Crippen molar-refractivity contribution in [3.63, 3.8) is 0 Å². The number of nitrogens with zero attached hydrogens (tertiary/aromatic N) is 1. The molecule has 6 nitrogen and oxygen atoms in total. The molecule has 2 aliphatic heterocycles. The third kappa shape index (κ3) is 3.91. The van der Waals surface area contributed by atoms with E-state index in [9.17, 15) is 13.2 Å². The van der Waals surface area contributed by atoms with Gasteiger partial charge in [-0.3, -0.25) is 4.79 Å². The second-order valence-electron chi connectivity index (χ2n) is 6.13. The van der Waals surface area contributed by atoms with Gasteiger partial charge in [0.1, 0.15) is 4.90 Å². The molecule has 1 aromatic rings. The van der Waals surface area contributed by atoms with Gasteiger partial charge in [-0.25, -0.2) is 13.1 Å². The molecule has 1 N–H and O–H groups in total. The SMILES string of the molecule is O=C(c1ccc(Cl)c(S(=O)(=O)NCC2CCCO2)c1)N1CCCC1. The van der Waals surface area contributed by atoms with E-state index < -0.39 is 10.0 Å². The van der Waals surface area contributed by atoms with Gasteiger partial charge in [0.15, 0.2) is 0 Å². The highest BCUT2D eigenvalue weighted by molar-refractivity contribution is 7.89. The average Bonchev–Trinajstić information content (AvgIpc) is 3.26. The third-order valence-corrected chi connectivity index (χ3v) is 6.29. The molecule has 2 heterocycles. The number of carbonyl (C=O) groups is 1. The lowest BCUT2D eigenvalue weighted by molar-refractivity contribution is 0.0792. The van der Waals surface area contributed by atoms with Gasteiger partial charge in [-0.05, 0) is 43.9 Å². The van der Waals surface area contributed by atoms with Crippen LogP contribution in [0.1, 0.15) is 36.0 Å². The molecule has 1 unspecified atom stereocenters. The van der Waals surface area contributed by atoms with Crippen LogP contribution in [0.15, 0.2) is 23.1 Å². The minimum atomic E-state index is -3.79. The summed E-state index contributed by atoms with van der Waals surface area (Å²) in [5.74, 6) is -0.153. The minimum Gasteiger partial charge on any atom is -0.377 e. The summed E-state index contributed by atoms with van der Waals surface area (Å²) < 4.78 is 33.0. The largest absolute Gasteiger partial charge is 0.377 e. The summed E-state index contributed by atoms with van der Waals surface area (Å²) in [6, 6.07) is 4.40. The number of hydrogen-bond acceptors (Lipinski definition) is 4. The van der Waals surface area contributed by atoms with Gasteiger partial charge in [0.05, 0.1) is 11.1 Å². The quantitative estimate of drug-likeness (QED) is 0.858. The number of benzene rings is 1. The van der Waals surface area contributed by atoms with Crippen LogP contribution in [-0.4, -0.2) is 51.6 Å². The van der Waals surface area contributed by atoms with Crippen LogP contribution in [0.5, 0.6) is 0 Å². The highest BCUT2D eigenvalue weighted by atomic mass is 35.5. The Bertz CT molecular complexity index is 711. The number of carbonyl (C=O) groups excluding carboxylic acids is 1. The zero-order valence-corrected chi connectivity index (χ0v) is 14.9. The van der Waals surface area contributed by atoms with E-state index in [0.717, 1.165) is 25.7 Å². The van der Waals surface area contributed by atoms with Crippen LogP contribution in [0.2, 0.25) is 5.02 Å². The number of hydrogen-bond donors (Lipinski definition) is 1. The Balaban J connectivity index is 1.78. The lowest BCUT2D eigenvalue weighted by atomic mass is 10.2. The van der Waals surface area contributed by atoms with Crippen molar-refractivity contribution in [1.82, 2.24) is 9.62 Å². The topological polar surface area (TPSA) is 75.7 Å². The van der Waals surface area contributed by atoms with Crippen LogP contribution in [0.4, 0.5) is 0 Å². The second kappa shape index (κ2) is 7.39. The molecule has 2 aliphatic rings. The third-order valence-electron chi connectivity index (χ3n) is 4.39. The summed E-state index contributed by atoms with van der Waals surface area (Å²) in [5, 5.41) is 0.104. The summed E-state index contributed by atoms with van der Waals surface area (Å²) in [4.78, 5) is 14.1. The Morgan fingerprint density at radius 1 is 1.29 bits per heavy atom. The van der Waals surface area contributed by atoms with Gasteiger partial charge in [-0.15, -0.1) is 0 Å². The van der Waals surface area contributed by atoms with E-state index in [1.165, 1.54) is 12.1 Å². The Hall–Kier alpha value is -1.15.